The Morgan fingerprint density at radius 1 is 1.09 bits per heavy atom. The van der Waals surface area contributed by atoms with E-state index in [1.54, 1.807) is 16.3 Å². The minimum absolute atomic E-state index is 0.0368. The highest BCUT2D eigenvalue weighted by atomic mass is 32.2. The van der Waals surface area contributed by atoms with E-state index in [1.165, 1.54) is 5.56 Å². The Balaban J connectivity index is 2.09. The molecule has 0 bridgehead atoms. The van der Waals surface area contributed by atoms with Crippen molar-refractivity contribution in [3.05, 3.63) is 70.0 Å². The number of rotatable bonds is 5. The second-order valence-electron chi connectivity index (χ2n) is 5.64. The Labute approximate surface area is 140 Å². The molecule has 118 valence electrons. The van der Waals surface area contributed by atoms with Gasteiger partial charge in [-0.1, -0.05) is 60.6 Å². The number of aromatic nitrogens is 2. The van der Waals surface area contributed by atoms with Crippen molar-refractivity contribution in [1.82, 2.24) is 9.55 Å². The van der Waals surface area contributed by atoms with Gasteiger partial charge in [0, 0.05) is 5.75 Å². The third-order valence-corrected chi connectivity index (χ3v) is 4.91. The van der Waals surface area contributed by atoms with Gasteiger partial charge in [0.1, 0.15) is 0 Å². The topological polar surface area (TPSA) is 34.9 Å². The van der Waals surface area contributed by atoms with E-state index in [-0.39, 0.29) is 5.56 Å². The van der Waals surface area contributed by atoms with Crippen molar-refractivity contribution in [3.8, 4) is 0 Å². The van der Waals surface area contributed by atoms with E-state index in [9.17, 15) is 4.79 Å². The predicted molar refractivity (Wildman–Crippen MR) is 97.3 cm³/mol. The maximum absolute atomic E-state index is 12.9. The molecule has 1 heterocycles. The van der Waals surface area contributed by atoms with E-state index in [2.05, 4.69) is 38.1 Å². The van der Waals surface area contributed by atoms with Crippen LogP contribution in [0.3, 0.4) is 0 Å². The molecule has 0 saturated carbocycles. The van der Waals surface area contributed by atoms with Gasteiger partial charge in [-0.25, -0.2) is 4.98 Å². The molecule has 0 spiro atoms. The molecule has 0 saturated heterocycles. The predicted octanol–water partition coefficient (Wildman–Crippen LogP) is 4.26. The molecule has 0 N–H and O–H groups in total. The number of benzene rings is 2. The van der Waals surface area contributed by atoms with Crippen molar-refractivity contribution in [3.63, 3.8) is 0 Å². The first kappa shape index (κ1) is 15.8. The zero-order valence-corrected chi connectivity index (χ0v) is 14.3. The van der Waals surface area contributed by atoms with Crippen molar-refractivity contribution in [2.24, 2.45) is 0 Å². The lowest BCUT2D eigenvalue weighted by Crippen LogP contribution is -2.24. The first-order valence-corrected chi connectivity index (χ1v) is 8.85. The fourth-order valence-electron chi connectivity index (χ4n) is 2.47. The number of nitrogens with zero attached hydrogens (tertiary/aromatic N) is 2. The lowest BCUT2D eigenvalue weighted by atomic mass is 10.1. The third-order valence-electron chi connectivity index (χ3n) is 3.72. The maximum Gasteiger partial charge on any atom is 0.262 e. The summed E-state index contributed by atoms with van der Waals surface area (Å²) in [6.45, 7) is 4.76. The molecular formula is C19H20N2OS. The molecule has 3 aromatic rings. The van der Waals surface area contributed by atoms with E-state index in [0.717, 1.165) is 28.4 Å². The summed E-state index contributed by atoms with van der Waals surface area (Å²) < 4.78 is 1.80. The molecule has 0 aliphatic rings. The second kappa shape index (κ2) is 7.01. The van der Waals surface area contributed by atoms with Crippen LogP contribution in [-0.4, -0.2) is 15.3 Å². The van der Waals surface area contributed by atoms with Gasteiger partial charge in [0.2, 0.25) is 0 Å². The number of para-hydroxylation sites is 1. The van der Waals surface area contributed by atoms with Crippen LogP contribution >= 0.6 is 11.8 Å². The molecule has 23 heavy (non-hydrogen) atoms. The first-order valence-electron chi connectivity index (χ1n) is 7.87. The summed E-state index contributed by atoms with van der Waals surface area (Å²) in [5.74, 6) is 0.957. The lowest BCUT2D eigenvalue weighted by molar-refractivity contribution is 0.658. The Morgan fingerprint density at radius 2 is 1.83 bits per heavy atom. The van der Waals surface area contributed by atoms with Crippen LogP contribution in [0, 0.1) is 6.92 Å². The molecule has 0 fully saturated rings. The van der Waals surface area contributed by atoms with Gasteiger partial charge in [-0.15, -0.1) is 0 Å². The van der Waals surface area contributed by atoms with Crippen LogP contribution in [-0.2, 0) is 6.54 Å². The van der Waals surface area contributed by atoms with E-state index < -0.39 is 0 Å². The van der Waals surface area contributed by atoms with Gasteiger partial charge in [0.25, 0.3) is 5.56 Å². The largest absolute Gasteiger partial charge is 0.283 e. The van der Waals surface area contributed by atoms with Gasteiger partial charge in [0.15, 0.2) is 5.16 Å². The van der Waals surface area contributed by atoms with Gasteiger partial charge in [-0.05, 0) is 31.0 Å². The molecule has 3 nitrogen and oxygen atoms in total. The Kier molecular flexibility index (Phi) is 4.82. The Hall–Kier alpha value is -2.07. The quantitative estimate of drug-likeness (QED) is 0.520. The van der Waals surface area contributed by atoms with Crippen LogP contribution in [0.15, 0.2) is 58.5 Å². The van der Waals surface area contributed by atoms with Crippen LogP contribution in [0.2, 0.25) is 0 Å². The maximum atomic E-state index is 12.9. The number of aryl methyl sites for hydroxylation is 1. The zero-order chi connectivity index (χ0) is 16.2. The van der Waals surface area contributed by atoms with Gasteiger partial charge < -0.3 is 0 Å². The van der Waals surface area contributed by atoms with Crippen LogP contribution in [0.5, 0.6) is 0 Å². The van der Waals surface area contributed by atoms with Crippen LogP contribution in [0.1, 0.15) is 24.5 Å². The van der Waals surface area contributed by atoms with Gasteiger partial charge >= 0.3 is 0 Å². The highest BCUT2D eigenvalue weighted by molar-refractivity contribution is 7.99. The standard InChI is InChI=1S/C19H20N2OS/c1-3-12-23-19-20-17-7-5-4-6-16(17)18(22)21(19)13-15-10-8-14(2)9-11-15/h4-11H,3,12-13H2,1-2H3. The van der Waals surface area contributed by atoms with Gasteiger partial charge in [-0.2, -0.15) is 0 Å². The van der Waals surface area contributed by atoms with Crippen LogP contribution < -0.4 is 5.56 Å². The zero-order valence-electron chi connectivity index (χ0n) is 13.5. The summed E-state index contributed by atoms with van der Waals surface area (Å²) >= 11 is 1.65. The summed E-state index contributed by atoms with van der Waals surface area (Å²) in [6, 6.07) is 15.9. The summed E-state index contributed by atoms with van der Waals surface area (Å²) in [5.41, 5.74) is 3.15. The first-order chi connectivity index (χ1) is 11.2. The third kappa shape index (κ3) is 3.48. The highest BCUT2D eigenvalue weighted by Gasteiger charge is 2.11. The van der Waals surface area contributed by atoms with Crippen molar-refractivity contribution in [2.45, 2.75) is 32.0 Å². The molecule has 0 aliphatic carbocycles. The molecule has 0 unspecified atom stereocenters. The van der Waals surface area contributed by atoms with Gasteiger partial charge in [-0.3, -0.25) is 9.36 Å². The normalized spacial score (nSPS) is 11.0. The molecule has 1 aromatic heterocycles. The molecule has 0 aliphatic heterocycles. The highest BCUT2D eigenvalue weighted by Crippen LogP contribution is 2.19. The number of hydrogen-bond acceptors (Lipinski definition) is 3. The minimum atomic E-state index is 0.0368. The molecule has 4 heteroatoms. The van der Waals surface area contributed by atoms with Crippen molar-refractivity contribution >= 4 is 22.7 Å². The molecule has 2 aromatic carbocycles. The number of thioether (sulfide) groups is 1. The summed E-state index contributed by atoms with van der Waals surface area (Å²) in [7, 11) is 0. The molecular weight excluding hydrogens is 304 g/mol. The van der Waals surface area contributed by atoms with E-state index in [0.29, 0.717) is 11.9 Å². The second-order valence-corrected chi connectivity index (χ2v) is 6.70. The van der Waals surface area contributed by atoms with E-state index in [1.807, 2.05) is 24.3 Å². The SMILES string of the molecule is CCCSc1nc2ccccc2c(=O)n1Cc1ccc(C)cc1. The summed E-state index contributed by atoms with van der Waals surface area (Å²) in [4.78, 5) is 17.6. The fraction of sp³-hybridized carbons (Fsp3) is 0.263. The number of fused-ring (bicyclic) bond motifs is 1. The van der Waals surface area contributed by atoms with Gasteiger partial charge in [0.05, 0.1) is 17.4 Å². The van der Waals surface area contributed by atoms with Crippen LogP contribution in [0.25, 0.3) is 10.9 Å². The molecule has 0 amide bonds. The van der Waals surface area contributed by atoms with Crippen molar-refractivity contribution < 1.29 is 0 Å². The average molecular weight is 324 g/mol. The lowest BCUT2D eigenvalue weighted by Gasteiger charge is -2.13. The Bertz CT molecular complexity index is 869. The molecule has 0 atom stereocenters. The summed E-state index contributed by atoms with van der Waals surface area (Å²) in [6.07, 6.45) is 1.05. The minimum Gasteiger partial charge on any atom is -0.283 e. The summed E-state index contributed by atoms with van der Waals surface area (Å²) in [5, 5.41) is 1.48. The van der Waals surface area contributed by atoms with Crippen molar-refractivity contribution in [2.75, 3.05) is 5.75 Å². The molecule has 3 rings (SSSR count). The Morgan fingerprint density at radius 3 is 2.57 bits per heavy atom. The molecule has 0 radical (unpaired) electrons. The smallest absolute Gasteiger partial charge is 0.262 e. The monoisotopic (exact) mass is 324 g/mol. The van der Waals surface area contributed by atoms with E-state index >= 15 is 0 Å². The van der Waals surface area contributed by atoms with Crippen LogP contribution in [0.4, 0.5) is 0 Å². The van der Waals surface area contributed by atoms with E-state index in [4.69, 9.17) is 4.98 Å². The average Bonchev–Trinajstić information content (AvgIpc) is 2.57. The van der Waals surface area contributed by atoms with Crippen molar-refractivity contribution in [1.29, 1.82) is 0 Å². The number of hydrogen-bond donors (Lipinski definition) is 0. The fourth-order valence-corrected chi connectivity index (χ4v) is 3.32.